The zero-order valence-corrected chi connectivity index (χ0v) is 11.0. The SMILES string of the molecule is CCCN(CC)CCNC1CCC(N)CC1. The Bertz CT molecular complexity index is 165. The zero-order chi connectivity index (χ0) is 11.8. The van der Waals surface area contributed by atoms with Crippen LogP contribution in [0, 0.1) is 0 Å². The minimum atomic E-state index is 0.463. The van der Waals surface area contributed by atoms with Crippen molar-refractivity contribution < 1.29 is 0 Å². The molecule has 3 N–H and O–H groups in total. The van der Waals surface area contributed by atoms with Crippen LogP contribution in [0.4, 0.5) is 0 Å². The molecule has 3 heteroatoms. The number of likely N-dealkylation sites (N-methyl/N-ethyl adjacent to an activating group) is 1. The van der Waals surface area contributed by atoms with Gasteiger partial charge in [-0.3, -0.25) is 0 Å². The molecule has 0 saturated heterocycles. The average molecular weight is 227 g/mol. The first-order valence-electron chi connectivity index (χ1n) is 6.97. The highest BCUT2D eigenvalue weighted by Crippen LogP contribution is 2.16. The molecule has 96 valence electrons. The maximum atomic E-state index is 5.90. The number of nitrogens with two attached hydrogens (primary N) is 1. The Labute approximate surface area is 101 Å². The van der Waals surface area contributed by atoms with Crippen molar-refractivity contribution in [2.45, 2.75) is 58.0 Å². The summed E-state index contributed by atoms with van der Waals surface area (Å²) in [6.45, 7) is 9.22. The Balaban J connectivity index is 2.05. The number of hydrogen-bond acceptors (Lipinski definition) is 3. The third kappa shape index (κ3) is 5.28. The third-order valence-corrected chi connectivity index (χ3v) is 3.62. The standard InChI is InChI=1S/C13H29N3/c1-3-10-16(4-2)11-9-15-13-7-5-12(14)6-8-13/h12-13,15H,3-11,14H2,1-2H3. The predicted octanol–water partition coefficient (Wildman–Crippen LogP) is 1.58. The zero-order valence-electron chi connectivity index (χ0n) is 11.0. The fourth-order valence-electron chi connectivity index (χ4n) is 2.49. The van der Waals surface area contributed by atoms with Crippen LogP contribution in [0.5, 0.6) is 0 Å². The lowest BCUT2D eigenvalue weighted by Crippen LogP contribution is -2.41. The molecule has 0 amide bonds. The van der Waals surface area contributed by atoms with Gasteiger partial charge in [0.05, 0.1) is 0 Å². The van der Waals surface area contributed by atoms with Gasteiger partial charge in [0.1, 0.15) is 0 Å². The van der Waals surface area contributed by atoms with Crippen molar-refractivity contribution in [3.05, 3.63) is 0 Å². The Morgan fingerprint density at radius 1 is 1.12 bits per heavy atom. The minimum absolute atomic E-state index is 0.463. The number of hydrogen-bond donors (Lipinski definition) is 2. The largest absolute Gasteiger partial charge is 0.328 e. The second kappa shape index (κ2) is 8.04. The molecule has 3 nitrogen and oxygen atoms in total. The van der Waals surface area contributed by atoms with Gasteiger partial charge in [-0.05, 0) is 45.2 Å². The number of nitrogens with one attached hydrogen (secondary N) is 1. The summed E-state index contributed by atoms with van der Waals surface area (Å²) in [5, 5.41) is 3.67. The van der Waals surface area contributed by atoms with Gasteiger partial charge in [0.25, 0.3) is 0 Å². The van der Waals surface area contributed by atoms with Gasteiger partial charge >= 0.3 is 0 Å². The first-order valence-corrected chi connectivity index (χ1v) is 6.97. The van der Waals surface area contributed by atoms with Gasteiger partial charge in [-0.25, -0.2) is 0 Å². The molecule has 0 spiro atoms. The molecule has 0 unspecified atom stereocenters. The molecule has 0 bridgehead atoms. The monoisotopic (exact) mass is 227 g/mol. The maximum absolute atomic E-state index is 5.90. The van der Waals surface area contributed by atoms with Gasteiger partial charge in [0.2, 0.25) is 0 Å². The van der Waals surface area contributed by atoms with Gasteiger partial charge in [-0.2, -0.15) is 0 Å². The van der Waals surface area contributed by atoms with E-state index in [-0.39, 0.29) is 0 Å². The fourth-order valence-corrected chi connectivity index (χ4v) is 2.49. The Hall–Kier alpha value is -0.120. The minimum Gasteiger partial charge on any atom is -0.328 e. The van der Waals surface area contributed by atoms with Gasteiger partial charge < -0.3 is 16.0 Å². The third-order valence-electron chi connectivity index (χ3n) is 3.62. The summed E-state index contributed by atoms with van der Waals surface area (Å²) in [6, 6.07) is 1.19. The lowest BCUT2D eigenvalue weighted by atomic mass is 9.92. The summed E-state index contributed by atoms with van der Waals surface area (Å²) in [6.07, 6.45) is 6.18. The first kappa shape index (κ1) is 13.9. The molecular weight excluding hydrogens is 198 g/mol. The molecule has 1 aliphatic carbocycles. The fraction of sp³-hybridized carbons (Fsp3) is 1.00. The van der Waals surface area contributed by atoms with E-state index in [9.17, 15) is 0 Å². The molecule has 0 aromatic carbocycles. The summed E-state index contributed by atoms with van der Waals surface area (Å²) >= 11 is 0. The molecule has 0 aromatic heterocycles. The van der Waals surface area contributed by atoms with Crippen molar-refractivity contribution in [3.63, 3.8) is 0 Å². The smallest absolute Gasteiger partial charge is 0.0107 e. The van der Waals surface area contributed by atoms with E-state index in [0.717, 1.165) is 12.6 Å². The van der Waals surface area contributed by atoms with Gasteiger partial charge in [0.15, 0.2) is 0 Å². The summed E-state index contributed by atoms with van der Waals surface area (Å²) in [7, 11) is 0. The molecule has 0 atom stereocenters. The molecule has 1 saturated carbocycles. The quantitative estimate of drug-likeness (QED) is 0.694. The van der Waals surface area contributed by atoms with Crippen molar-refractivity contribution >= 4 is 0 Å². The Kier molecular flexibility index (Phi) is 7.01. The summed E-state index contributed by atoms with van der Waals surface area (Å²) in [4.78, 5) is 2.52. The van der Waals surface area contributed by atoms with Crippen LogP contribution in [0.25, 0.3) is 0 Å². The van der Waals surface area contributed by atoms with E-state index in [2.05, 4.69) is 24.1 Å². The highest BCUT2D eigenvalue weighted by atomic mass is 15.1. The second-order valence-corrected chi connectivity index (χ2v) is 5.00. The van der Waals surface area contributed by atoms with Crippen LogP contribution in [-0.4, -0.2) is 43.2 Å². The van der Waals surface area contributed by atoms with E-state index >= 15 is 0 Å². The van der Waals surface area contributed by atoms with Crippen LogP contribution in [0.2, 0.25) is 0 Å². The highest BCUT2D eigenvalue weighted by molar-refractivity contribution is 4.78. The van der Waals surface area contributed by atoms with Crippen molar-refractivity contribution in [2.24, 2.45) is 5.73 Å². The van der Waals surface area contributed by atoms with Crippen molar-refractivity contribution in [3.8, 4) is 0 Å². The first-order chi connectivity index (χ1) is 7.76. The molecular formula is C13H29N3. The van der Waals surface area contributed by atoms with E-state index in [4.69, 9.17) is 5.73 Å². The maximum Gasteiger partial charge on any atom is 0.0107 e. The molecule has 0 aliphatic heterocycles. The normalized spacial score (nSPS) is 26.2. The van der Waals surface area contributed by atoms with Crippen LogP contribution in [0.3, 0.4) is 0 Å². The molecule has 16 heavy (non-hydrogen) atoms. The van der Waals surface area contributed by atoms with Crippen LogP contribution >= 0.6 is 0 Å². The van der Waals surface area contributed by atoms with Crippen molar-refractivity contribution in [2.75, 3.05) is 26.2 Å². The molecule has 1 aliphatic rings. The molecule has 0 aromatic rings. The van der Waals surface area contributed by atoms with Gasteiger partial charge in [-0.15, -0.1) is 0 Å². The van der Waals surface area contributed by atoms with Gasteiger partial charge in [0, 0.05) is 25.2 Å². The lowest BCUT2D eigenvalue weighted by molar-refractivity contribution is 0.270. The van der Waals surface area contributed by atoms with E-state index < -0.39 is 0 Å². The van der Waals surface area contributed by atoms with E-state index in [0.29, 0.717) is 6.04 Å². The van der Waals surface area contributed by atoms with Crippen LogP contribution in [0.15, 0.2) is 0 Å². The highest BCUT2D eigenvalue weighted by Gasteiger charge is 2.17. The summed E-state index contributed by atoms with van der Waals surface area (Å²) < 4.78 is 0. The predicted molar refractivity (Wildman–Crippen MR) is 70.6 cm³/mol. The van der Waals surface area contributed by atoms with Crippen LogP contribution in [0.1, 0.15) is 46.0 Å². The van der Waals surface area contributed by atoms with E-state index in [1.54, 1.807) is 0 Å². The Morgan fingerprint density at radius 2 is 1.81 bits per heavy atom. The van der Waals surface area contributed by atoms with Crippen LogP contribution < -0.4 is 11.1 Å². The van der Waals surface area contributed by atoms with E-state index in [1.165, 1.54) is 51.7 Å². The summed E-state index contributed by atoms with van der Waals surface area (Å²) in [5.74, 6) is 0. The van der Waals surface area contributed by atoms with Crippen LogP contribution in [-0.2, 0) is 0 Å². The summed E-state index contributed by atoms with van der Waals surface area (Å²) in [5.41, 5.74) is 5.90. The number of nitrogens with zero attached hydrogens (tertiary/aromatic N) is 1. The number of rotatable bonds is 7. The molecule has 1 rings (SSSR count). The lowest BCUT2D eigenvalue weighted by Gasteiger charge is -2.28. The second-order valence-electron chi connectivity index (χ2n) is 5.00. The van der Waals surface area contributed by atoms with E-state index in [1.807, 2.05) is 0 Å². The molecule has 1 fully saturated rings. The average Bonchev–Trinajstić information content (AvgIpc) is 2.30. The molecule has 0 radical (unpaired) electrons. The van der Waals surface area contributed by atoms with Gasteiger partial charge in [-0.1, -0.05) is 13.8 Å². The van der Waals surface area contributed by atoms with Crippen molar-refractivity contribution in [1.82, 2.24) is 10.2 Å². The van der Waals surface area contributed by atoms with Crippen molar-refractivity contribution in [1.29, 1.82) is 0 Å². The molecule has 0 heterocycles. The topological polar surface area (TPSA) is 41.3 Å². The Morgan fingerprint density at radius 3 is 2.38 bits per heavy atom.